The fourth-order valence-corrected chi connectivity index (χ4v) is 2.32. The Morgan fingerprint density at radius 3 is 2.30 bits per heavy atom. The lowest BCUT2D eigenvalue weighted by Crippen LogP contribution is -2.51. The Balaban J connectivity index is 2.02. The highest BCUT2D eigenvalue weighted by atomic mass is 19.2. The normalized spacial score (nSPS) is 17.6. The number of pyridine rings is 1. The Labute approximate surface area is 115 Å². The van der Waals surface area contributed by atoms with Crippen LogP contribution in [-0.4, -0.2) is 53.3 Å². The van der Waals surface area contributed by atoms with Gasteiger partial charge in [-0.05, 0) is 13.8 Å². The van der Waals surface area contributed by atoms with Gasteiger partial charge < -0.3 is 10.0 Å². The molecule has 0 unspecified atom stereocenters. The van der Waals surface area contributed by atoms with Crippen LogP contribution in [0.15, 0.2) is 6.07 Å². The summed E-state index contributed by atoms with van der Waals surface area (Å²) in [5.41, 5.74) is -0.798. The van der Waals surface area contributed by atoms with Crippen LogP contribution < -0.4 is 4.90 Å². The molecule has 1 aromatic heterocycles. The van der Waals surface area contributed by atoms with Crippen LogP contribution in [0.5, 0.6) is 0 Å². The van der Waals surface area contributed by atoms with E-state index in [1.54, 1.807) is 18.7 Å². The number of aromatic nitrogens is 1. The molecule has 1 fully saturated rings. The largest absolute Gasteiger partial charge is 0.389 e. The summed E-state index contributed by atoms with van der Waals surface area (Å²) in [7, 11) is 0. The minimum Gasteiger partial charge on any atom is -0.389 e. The highest BCUT2D eigenvalue weighted by molar-refractivity contribution is 5.40. The quantitative estimate of drug-likeness (QED) is 0.854. The van der Waals surface area contributed by atoms with Crippen molar-refractivity contribution in [1.29, 1.82) is 0 Å². The van der Waals surface area contributed by atoms with E-state index in [0.29, 0.717) is 38.8 Å². The molecule has 1 N–H and O–H groups in total. The number of hydrogen-bond acceptors (Lipinski definition) is 4. The Morgan fingerprint density at radius 2 is 1.75 bits per heavy atom. The van der Waals surface area contributed by atoms with Gasteiger partial charge in [-0.1, -0.05) is 0 Å². The molecule has 112 valence electrons. The molecule has 2 rings (SSSR count). The van der Waals surface area contributed by atoms with Gasteiger partial charge in [-0.3, -0.25) is 4.90 Å². The zero-order chi connectivity index (χ0) is 14.9. The van der Waals surface area contributed by atoms with Gasteiger partial charge in [0.05, 0.1) is 5.60 Å². The number of halogens is 3. The summed E-state index contributed by atoms with van der Waals surface area (Å²) >= 11 is 0. The fraction of sp³-hybridized carbons (Fsp3) is 0.615. The van der Waals surface area contributed by atoms with Crippen molar-refractivity contribution in [2.75, 3.05) is 37.6 Å². The first kappa shape index (κ1) is 15.1. The topological polar surface area (TPSA) is 39.6 Å². The maximum absolute atomic E-state index is 13.6. The van der Waals surface area contributed by atoms with Crippen LogP contribution in [0.3, 0.4) is 0 Å². The van der Waals surface area contributed by atoms with Gasteiger partial charge in [-0.15, -0.1) is 0 Å². The molecule has 1 aliphatic rings. The Kier molecular flexibility index (Phi) is 4.19. The Morgan fingerprint density at radius 1 is 1.15 bits per heavy atom. The summed E-state index contributed by atoms with van der Waals surface area (Å²) in [5, 5.41) is 9.74. The monoisotopic (exact) mass is 289 g/mol. The number of nitrogens with zero attached hydrogens (tertiary/aromatic N) is 3. The third kappa shape index (κ3) is 3.61. The molecule has 0 aliphatic carbocycles. The third-order valence-electron chi connectivity index (χ3n) is 3.15. The molecular weight excluding hydrogens is 271 g/mol. The van der Waals surface area contributed by atoms with Gasteiger partial charge in [0.15, 0.2) is 17.5 Å². The van der Waals surface area contributed by atoms with Crippen LogP contribution in [0.2, 0.25) is 0 Å². The van der Waals surface area contributed by atoms with E-state index in [1.807, 2.05) is 4.90 Å². The van der Waals surface area contributed by atoms with E-state index in [1.165, 1.54) is 0 Å². The molecule has 0 bridgehead atoms. The third-order valence-corrected chi connectivity index (χ3v) is 3.15. The first-order chi connectivity index (χ1) is 9.26. The lowest BCUT2D eigenvalue weighted by molar-refractivity contribution is 0.0344. The number of piperazine rings is 1. The first-order valence-electron chi connectivity index (χ1n) is 6.47. The highest BCUT2D eigenvalue weighted by Crippen LogP contribution is 2.20. The van der Waals surface area contributed by atoms with Crippen molar-refractivity contribution in [3.63, 3.8) is 0 Å². The van der Waals surface area contributed by atoms with Gasteiger partial charge in [-0.25, -0.2) is 8.78 Å². The molecular formula is C13H18F3N3O. The summed E-state index contributed by atoms with van der Waals surface area (Å²) in [6.45, 7) is 6.05. The van der Waals surface area contributed by atoms with Crippen molar-refractivity contribution in [2.24, 2.45) is 0 Å². The maximum Gasteiger partial charge on any atom is 0.251 e. The van der Waals surface area contributed by atoms with Crippen LogP contribution in [0.4, 0.5) is 19.0 Å². The van der Waals surface area contributed by atoms with Gasteiger partial charge in [0, 0.05) is 38.8 Å². The molecule has 2 heterocycles. The smallest absolute Gasteiger partial charge is 0.251 e. The van der Waals surface area contributed by atoms with E-state index >= 15 is 0 Å². The number of aliphatic hydroxyl groups is 1. The van der Waals surface area contributed by atoms with Crippen LogP contribution in [0.1, 0.15) is 13.8 Å². The molecule has 0 aromatic carbocycles. The summed E-state index contributed by atoms with van der Waals surface area (Å²) in [6, 6.07) is 0.515. The first-order valence-corrected chi connectivity index (χ1v) is 6.47. The minimum atomic E-state index is -1.29. The molecule has 1 aliphatic heterocycles. The molecule has 0 radical (unpaired) electrons. The second-order valence-corrected chi connectivity index (χ2v) is 5.64. The fourth-order valence-electron chi connectivity index (χ4n) is 2.32. The molecule has 0 amide bonds. The summed E-state index contributed by atoms with van der Waals surface area (Å²) in [5.74, 6) is -3.60. The van der Waals surface area contributed by atoms with Crippen LogP contribution in [0.25, 0.3) is 0 Å². The van der Waals surface area contributed by atoms with Crippen molar-refractivity contribution >= 4 is 5.82 Å². The molecule has 4 nitrogen and oxygen atoms in total. The zero-order valence-electron chi connectivity index (χ0n) is 11.5. The molecule has 0 atom stereocenters. The SMILES string of the molecule is CC(C)(O)CN1CCN(c2nc(F)c(F)cc2F)CC1. The summed E-state index contributed by atoms with van der Waals surface area (Å²) in [4.78, 5) is 6.95. The van der Waals surface area contributed by atoms with Crippen molar-refractivity contribution in [3.05, 3.63) is 23.6 Å². The number of hydrogen-bond donors (Lipinski definition) is 1. The molecule has 0 saturated carbocycles. The Bertz CT molecular complexity index is 482. The van der Waals surface area contributed by atoms with E-state index in [0.717, 1.165) is 0 Å². The van der Waals surface area contributed by atoms with Gasteiger partial charge in [0.2, 0.25) is 0 Å². The lowest BCUT2D eigenvalue weighted by Gasteiger charge is -2.37. The van der Waals surface area contributed by atoms with E-state index in [9.17, 15) is 18.3 Å². The molecule has 1 saturated heterocycles. The summed E-state index contributed by atoms with van der Waals surface area (Å²) < 4.78 is 39.6. The zero-order valence-corrected chi connectivity index (χ0v) is 11.5. The van der Waals surface area contributed by atoms with Gasteiger partial charge >= 0.3 is 0 Å². The van der Waals surface area contributed by atoms with Gasteiger partial charge in [0.25, 0.3) is 5.95 Å². The predicted molar refractivity (Wildman–Crippen MR) is 69.1 cm³/mol. The molecule has 7 heteroatoms. The van der Waals surface area contributed by atoms with Gasteiger partial charge in [-0.2, -0.15) is 9.37 Å². The molecule has 1 aromatic rings. The number of β-amino-alcohol motifs (C(OH)–C–C–N with tert-alkyl or cyclic N) is 1. The maximum atomic E-state index is 13.6. The van der Waals surface area contributed by atoms with Crippen molar-refractivity contribution < 1.29 is 18.3 Å². The van der Waals surface area contributed by atoms with Crippen LogP contribution in [0, 0.1) is 17.6 Å². The second kappa shape index (κ2) is 5.57. The second-order valence-electron chi connectivity index (χ2n) is 5.64. The number of rotatable bonds is 3. The van der Waals surface area contributed by atoms with Crippen LogP contribution in [-0.2, 0) is 0 Å². The standard InChI is InChI=1S/C13H18F3N3O/c1-13(2,20)8-18-3-5-19(6-4-18)12-10(15)7-9(14)11(16)17-12/h7,20H,3-6,8H2,1-2H3. The average molecular weight is 289 g/mol. The predicted octanol–water partition coefficient (Wildman–Crippen LogP) is 1.39. The van der Waals surface area contributed by atoms with Gasteiger partial charge in [0.1, 0.15) is 0 Å². The summed E-state index contributed by atoms with van der Waals surface area (Å²) in [6.07, 6.45) is 0. The van der Waals surface area contributed by atoms with Crippen molar-refractivity contribution in [2.45, 2.75) is 19.4 Å². The van der Waals surface area contributed by atoms with Crippen LogP contribution >= 0.6 is 0 Å². The van der Waals surface area contributed by atoms with E-state index < -0.39 is 23.2 Å². The average Bonchev–Trinajstić information content (AvgIpc) is 2.33. The van der Waals surface area contributed by atoms with Crippen molar-refractivity contribution in [3.8, 4) is 0 Å². The lowest BCUT2D eigenvalue weighted by atomic mass is 10.1. The number of anilines is 1. The minimum absolute atomic E-state index is 0.160. The van der Waals surface area contributed by atoms with E-state index in [2.05, 4.69) is 4.98 Å². The molecule has 0 spiro atoms. The molecule has 20 heavy (non-hydrogen) atoms. The van der Waals surface area contributed by atoms with E-state index in [4.69, 9.17) is 0 Å². The van der Waals surface area contributed by atoms with E-state index in [-0.39, 0.29) is 5.82 Å². The Hall–Kier alpha value is -1.34. The van der Waals surface area contributed by atoms with Crippen molar-refractivity contribution in [1.82, 2.24) is 9.88 Å². The highest BCUT2D eigenvalue weighted by Gasteiger charge is 2.25.